The second-order valence-electron chi connectivity index (χ2n) is 21.9. The number of phosphoric acid groups is 1. The molecule has 0 aromatic carbocycles. The van der Waals surface area contributed by atoms with Gasteiger partial charge < -0.3 is 19.4 Å². The average molecular weight is 1010 g/mol. The summed E-state index contributed by atoms with van der Waals surface area (Å²) < 4.78 is 30.6. The minimum Gasteiger partial charge on any atom is -0.456 e. The van der Waals surface area contributed by atoms with Crippen LogP contribution in [0.15, 0.2) is 24.3 Å². The zero-order chi connectivity index (χ0) is 51.5. The summed E-state index contributed by atoms with van der Waals surface area (Å²) in [4.78, 5) is 37.6. The standard InChI is InChI=1S/C60H117N2O7P/c1-7-10-13-16-19-22-25-27-28-29-30-31-32-33-34-35-38-40-43-46-49-52-59(63)61-57(56-68-70(65,66)67-55-54-62(4,5)6)58(51-48-45-42-39-37-26-23-20-17-14-11-8-2)69-60(64)53-50-47-44-41-36-24-21-18-15-12-9-3/h18,21,48,51,57-58H,7-17,19-20,22-47,49-50,52-56H2,1-6H3,(H-,61,63,65,66)/p+1/b21-18-,51-48-. The first-order chi connectivity index (χ1) is 33.9. The molecule has 10 heteroatoms. The molecule has 0 saturated carbocycles. The van der Waals surface area contributed by atoms with E-state index < -0.39 is 20.0 Å². The fraction of sp³-hybridized carbons (Fsp3) is 0.900. The van der Waals surface area contributed by atoms with E-state index >= 15 is 0 Å². The van der Waals surface area contributed by atoms with Gasteiger partial charge in [-0.25, -0.2) is 4.57 Å². The molecule has 2 N–H and O–H groups in total. The van der Waals surface area contributed by atoms with Gasteiger partial charge >= 0.3 is 13.8 Å². The van der Waals surface area contributed by atoms with Gasteiger partial charge in [-0.05, 0) is 51.0 Å². The zero-order valence-corrected chi connectivity index (χ0v) is 48.2. The molecule has 0 rings (SSSR count). The van der Waals surface area contributed by atoms with Crippen LogP contribution in [0.4, 0.5) is 0 Å². The third-order valence-electron chi connectivity index (χ3n) is 13.6. The number of likely N-dealkylation sites (N-methyl/N-ethyl adjacent to an activating group) is 1. The Morgan fingerprint density at radius 1 is 0.486 bits per heavy atom. The molecule has 0 bridgehead atoms. The fourth-order valence-electron chi connectivity index (χ4n) is 8.92. The number of unbranched alkanes of at least 4 members (excludes halogenated alkanes) is 37. The highest BCUT2D eigenvalue weighted by atomic mass is 31.2. The van der Waals surface area contributed by atoms with Gasteiger partial charge in [0.25, 0.3) is 0 Å². The van der Waals surface area contributed by atoms with Crippen LogP contribution in [0.1, 0.15) is 297 Å². The lowest BCUT2D eigenvalue weighted by Crippen LogP contribution is -2.47. The molecule has 0 aliphatic rings. The molecule has 3 unspecified atom stereocenters. The lowest BCUT2D eigenvalue weighted by molar-refractivity contribution is -0.870. The second kappa shape index (κ2) is 51.0. The highest BCUT2D eigenvalue weighted by molar-refractivity contribution is 7.47. The van der Waals surface area contributed by atoms with Gasteiger partial charge in [-0.1, -0.05) is 257 Å². The highest BCUT2D eigenvalue weighted by Gasteiger charge is 2.30. The molecule has 0 radical (unpaired) electrons. The lowest BCUT2D eigenvalue weighted by atomic mass is 10.0. The Labute approximate surface area is 434 Å². The Morgan fingerprint density at radius 3 is 1.26 bits per heavy atom. The van der Waals surface area contributed by atoms with Gasteiger partial charge in [0, 0.05) is 12.8 Å². The maximum atomic E-state index is 13.5. The van der Waals surface area contributed by atoms with E-state index in [-0.39, 0.29) is 31.5 Å². The molecule has 0 saturated heterocycles. The summed E-state index contributed by atoms with van der Waals surface area (Å²) in [6.45, 7) is 7.00. The number of nitrogens with zero attached hydrogens (tertiary/aromatic N) is 1. The van der Waals surface area contributed by atoms with Crippen molar-refractivity contribution in [3.63, 3.8) is 0 Å². The van der Waals surface area contributed by atoms with Crippen LogP contribution < -0.4 is 5.32 Å². The number of amides is 1. The van der Waals surface area contributed by atoms with Crippen molar-refractivity contribution in [2.45, 2.75) is 309 Å². The smallest absolute Gasteiger partial charge is 0.456 e. The largest absolute Gasteiger partial charge is 0.472 e. The van der Waals surface area contributed by atoms with E-state index in [1.807, 2.05) is 33.3 Å². The number of allylic oxidation sites excluding steroid dienone is 3. The summed E-state index contributed by atoms with van der Waals surface area (Å²) in [5.74, 6) is -0.503. The summed E-state index contributed by atoms with van der Waals surface area (Å²) in [5.41, 5.74) is 0. The predicted molar refractivity (Wildman–Crippen MR) is 300 cm³/mol. The highest BCUT2D eigenvalue weighted by Crippen LogP contribution is 2.43. The molecule has 0 aromatic heterocycles. The van der Waals surface area contributed by atoms with Gasteiger partial charge in [0.1, 0.15) is 19.3 Å². The molecule has 1 amide bonds. The number of carbonyl (C=O) groups is 2. The number of ether oxygens (including phenoxy) is 1. The van der Waals surface area contributed by atoms with E-state index in [0.29, 0.717) is 17.4 Å². The van der Waals surface area contributed by atoms with E-state index in [2.05, 4.69) is 38.2 Å². The molecule has 0 fully saturated rings. The van der Waals surface area contributed by atoms with E-state index in [4.69, 9.17) is 13.8 Å². The lowest BCUT2D eigenvalue weighted by Gasteiger charge is -2.27. The molecule has 3 atom stereocenters. The molecule has 0 heterocycles. The monoisotopic (exact) mass is 1010 g/mol. The molecule has 9 nitrogen and oxygen atoms in total. The minimum absolute atomic E-state index is 0.0423. The summed E-state index contributed by atoms with van der Waals surface area (Å²) in [6, 6.07) is -0.844. The van der Waals surface area contributed by atoms with Gasteiger partial charge in [0.2, 0.25) is 5.91 Å². The van der Waals surface area contributed by atoms with Gasteiger partial charge in [0.15, 0.2) is 0 Å². The number of quaternary nitrogens is 1. The maximum absolute atomic E-state index is 13.5. The summed E-state index contributed by atoms with van der Waals surface area (Å²) in [6.07, 6.45) is 58.9. The third-order valence-corrected chi connectivity index (χ3v) is 14.6. The van der Waals surface area contributed by atoms with Crippen molar-refractivity contribution in [2.75, 3.05) is 40.9 Å². The summed E-state index contributed by atoms with van der Waals surface area (Å²) >= 11 is 0. The van der Waals surface area contributed by atoms with Crippen LogP contribution in [0.25, 0.3) is 0 Å². The normalized spacial score (nSPS) is 13.9. The number of carbonyl (C=O) groups excluding carboxylic acids is 2. The van der Waals surface area contributed by atoms with Gasteiger partial charge in [-0.15, -0.1) is 0 Å². The SMILES string of the molecule is CCCC/C=C\CCCCCCCC(=O)OC(/C=C\CCCCCCCCCCCC)C(COP(=O)(O)OCC[N+](C)(C)C)NC(=O)CCCCCCCCCCCCCCCCCCCCCCC. The van der Waals surface area contributed by atoms with E-state index in [1.165, 1.54) is 180 Å². The number of hydrogen-bond donors (Lipinski definition) is 2. The second-order valence-corrected chi connectivity index (χ2v) is 23.3. The molecule has 0 aliphatic carbocycles. The van der Waals surface area contributed by atoms with Crippen molar-refractivity contribution in [1.29, 1.82) is 0 Å². The summed E-state index contributed by atoms with van der Waals surface area (Å²) in [7, 11) is 1.50. The molecule has 0 aromatic rings. The van der Waals surface area contributed by atoms with Crippen molar-refractivity contribution in [1.82, 2.24) is 5.32 Å². The van der Waals surface area contributed by atoms with Crippen molar-refractivity contribution in [3.05, 3.63) is 24.3 Å². The van der Waals surface area contributed by atoms with Crippen LogP contribution in [0.3, 0.4) is 0 Å². The Kier molecular flexibility index (Phi) is 49.9. The molecule has 70 heavy (non-hydrogen) atoms. The predicted octanol–water partition coefficient (Wildman–Crippen LogP) is 18.2. The number of phosphoric ester groups is 1. The first kappa shape index (κ1) is 68.5. The van der Waals surface area contributed by atoms with Crippen molar-refractivity contribution in [3.8, 4) is 0 Å². The topological polar surface area (TPSA) is 111 Å². The minimum atomic E-state index is -4.44. The first-order valence-corrected chi connectivity index (χ1v) is 31.7. The van der Waals surface area contributed by atoms with Crippen molar-refractivity contribution < 1.29 is 37.3 Å². The van der Waals surface area contributed by atoms with E-state index in [0.717, 1.165) is 83.5 Å². The van der Waals surface area contributed by atoms with E-state index in [9.17, 15) is 19.0 Å². The molecule has 0 aliphatic heterocycles. The van der Waals surface area contributed by atoms with Crippen molar-refractivity contribution >= 4 is 19.7 Å². The number of nitrogens with one attached hydrogen (secondary N) is 1. The third kappa shape index (κ3) is 51.4. The number of hydrogen-bond acceptors (Lipinski definition) is 6. The van der Waals surface area contributed by atoms with Crippen molar-refractivity contribution in [2.24, 2.45) is 0 Å². The Balaban J connectivity index is 5.15. The Bertz CT molecular complexity index is 1250. The fourth-order valence-corrected chi connectivity index (χ4v) is 9.66. The van der Waals surface area contributed by atoms with Crippen LogP contribution >= 0.6 is 7.82 Å². The van der Waals surface area contributed by atoms with Gasteiger partial charge in [-0.2, -0.15) is 0 Å². The quantitative estimate of drug-likeness (QED) is 0.0205. The molecular weight excluding hydrogens is 892 g/mol. The van der Waals surface area contributed by atoms with Crippen LogP contribution in [0, 0.1) is 0 Å². The molecular formula is C60H118N2O7P+. The van der Waals surface area contributed by atoms with Gasteiger partial charge in [-0.3, -0.25) is 18.6 Å². The Morgan fingerprint density at radius 2 is 0.843 bits per heavy atom. The zero-order valence-electron chi connectivity index (χ0n) is 47.3. The van der Waals surface area contributed by atoms with Gasteiger partial charge in [0.05, 0.1) is 33.8 Å². The van der Waals surface area contributed by atoms with Crippen LogP contribution in [0.5, 0.6) is 0 Å². The van der Waals surface area contributed by atoms with E-state index in [1.54, 1.807) is 0 Å². The number of esters is 1. The first-order valence-electron chi connectivity index (χ1n) is 30.2. The summed E-state index contributed by atoms with van der Waals surface area (Å²) in [5, 5.41) is 3.05. The maximum Gasteiger partial charge on any atom is 0.472 e. The Hall–Kier alpha value is -1.51. The molecule has 414 valence electrons. The molecule has 0 spiro atoms. The number of rotatable bonds is 55. The average Bonchev–Trinajstić information content (AvgIpc) is 3.32. The van der Waals surface area contributed by atoms with Crippen LogP contribution in [-0.4, -0.2) is 74.3 Å². The van der Waals surface area contributed by atoms with Crippen LogP contribution in [-0.2, 0) is 27.9 Å². The van der Waals surface area contributed by atoms with Crippen LogP contribution in [0.2, 0.25) is 0 Å².